The normalized spacial score (nSPS) is 10.1. The zero-order valence-electron chi connectivity index (χ0n) is 10.7. The van der Waals surface area contributed by atoms with E-state index in [0.29, 0.717) is 29.0 Å². The summed E-state index contributed by atoms with van der Waals surface area (Å²) in [5.74, 6) is -0.576. The number of amides is 2. The summed E-state index contributed by atoms with van der Waals surface area (Å²) in [7, 11) is 0. The van der Waals surface area contributed by atoms with E-state index in [1.807, 2.05) is 0 Å². The van der Waals surface area contributed by atoms with E-state index < -0.39 is 12.0 Å². The number of carboxylic acids is 1. The van der Waals surface area contributed by atoms with Gasteiger partial charge in [-0.3, -0.25) is 0 Å². The Kier molecular flexibility index (Phi) is 4.88. The van der Waals surface area contributed by atoms with Gasteiger partial charge in [-0.1, -0.05) is 5.16 Å². The Morgan fingerprint density at radius 2 is 2.19 bits per heavy atom. The third-order valence-electron chi connectivity index (χ3n) is 2.50. The van der Waals surface area contributed by atoms with Crippen LogP contribution >= 0.6 is 15.9 Å². The summed E-state index contributed by atoms with van der Waals surface area (Å²) in [5.41, 5.74) is 0.451. The third kappa shape index (κ3) is 4.28. The number of urea groups is 1. The molecule has 0 aliphatic rings. The molecule has 2 aromatic rings. The van der Waals surface area contributed by atoms with E-state index in [-0.39, 0.29) is 5.56 Å². The molecule has 0 saturated heterocycles. The summed E-state index contributed by atoms with van der Waals surface area (Å²) in [4.78, 5) is 26.4. The number of carboxylic acid groups (broad SMARTS) is 1. The zero-order valence-corrected chi connectivity index (χ0v) is 12.3. The Morgan fingerprint density at radius 3 is 2.86 bits per heavy atom. The van der Waals surface area contributed by atoms with Crippen LogP contribution in [-0.2, 0) is 6.42 Å². The second-order valence-corrected chi connectivity index (χ2v) is 4.83. The molecular weight excluding hydrogens is 344 g/mol. The van der Waals surface area contributed by atoms with Crippen LogP contribution in [0.2, 0.25) is 0 Å². The van der Waals surface area contributed by atoms with Gasteiger partial charge in [-0.15, -0.1) is 0 Å². The van der Waals surface area contributed by atoms with Crippen LogP contribution < -0.4 is 10.6 Å². The van der Waals surface area contributed by atoms with Gasteiger partial charge in [0.2, 0.25) is 6.39 Å². The molecule has 1 aromatic heterocycles. The fourth-order valence-corrected chi connectivity index (χ4v) is 1.86. The summed E-state index contributed by atoms with van der Waals surface area (Å²) in [6.07, 6.45) is 1.64. The Morgan fingerprint density at radius 1 is 1.38 bits per heavy atom. The SMILES string of the molecule is O=C(NCCc1ncon1)Nc1cc(C(=O)O)ccc1Br. The summed E-state index contributed by atoms with van der Waals surface area (Å²) >= 11 is 3.24. The molecule has 0 spiro atoms. The van der Waals surface area contributed by atoms with E-state index in [2.05, 4.69) is 41.2 Å². The molecule has 0 aliphatic heterocycles. The van der Waals surface area contributed by atoms with Crippen LogP contribution in [0.1, 0.15) is 16.2 Å². The highest BCUT2D eigenvalue weighted by Crippen LogP contribution is 2.23. The molecule has 0 bridgehead atoms. The highest BCUT2D eigenvalue weighted by Gasteiger charge is 2.09. The Hall–Kier alpha value is -2.42. The number of aromatic carboxylic acids is 1. The lowest BCUT2D eigenvalue weighted by Gasteiger charge is -2.09. The topological polar surface area (TPSA) is 117 Å². The first-order chi connectivity index (χ1) is 10.1. The molecular formula is C12H11BrN4O4. The van der Waals surface area contributed by atoms with Gasteiger partial charge in [-0.2, -0.15) is 4.98 Å². The fourth-order valence-electron chi connectivity index (χ4n) is 1.51. The lowest BCUT2D eigenvalue weighted by atomic mass is 10.2. The number of hydrogen-bond acceptors (Lipinski definition) is 5. The fraction of sp³-hybridized carbons (Fsp3) is 0.167. The van der Waals surface area contributed by atoms with Gasteiger partial charge in [-0.05, 0) is 34.1 Å². The molecule has 2 rings (SSSR count). The monoisotopic (exact) mass is 354 g/mol. The van der Waals surface area contributed by atoms with Crippen LogP contribution in [-0.4, -0.2) is 33.8 Å². The van der Waals surface area contributed by atoms with E-state index in [0.717, 1.165) is 0 Å². The second-order valence-electron chi connectivity index (χ2n) is 3.98. The van der Waals surface area contributed by atoms with Crippen molar-refractivity contribution < 1.29 is 19.2 Å². The van der Waals surface area contributed by atoms with Gasteiger partial charge in [0.05, 0.1) is 11.3 Å². The van der Waals surface area contributed by atoms with Gasteiger partial charge in [0.25, 0.3) is 0 Å². The van der Waals surface area contributed by atoms with Crippen LogP contribution in [0, 0.1) is 0 Å². The van der Waals surface area contributed by atoms with Crippen LogP contribution in [0.25, 0.3) is 0 Å². The number of halogens is 1. The molecule has 0 saturated carbocycles. The van der Waals surface area contributed by atoms with Crippen molar-refractivity contribution in [2.45, 2.75) is 6.42 Å². The Labute approximate surface area is 127 Å². The molecule has 0 aliphatic carbocycles. The highest BCUT2D eigenvalue weighted by atomic mass is 79.9. The molecule has 1 aromatic carbocycles. The smallest absolute Gasteiger partial charge is 0.335 e. The van der Waals surface area contributed by atoms with Crippen molar-refractivity contribution in [2.75, 3.05) is 11.9 Å². The molecule has 3 N–H and O–H groups in total. The van der Waals surface area contributed by atoms with E-state index in [9.17, 15) is 9.59 Å². The molecule has 0 unspecified atom stereocenters. The molecule has 0 radical (unpaired) electrons. The van der Waals surface area contributed by atoms with Gasteiger partial charge in [0.15, 0.2) is 5.82 Å². The quantitative estimate of drug-likeness (QED) is 0.754. The maximum absolute atomic E-state index is 11.7. The van der Waals surface area contributed by atoms with Crippen molar-refractivity contribution in [3.05, 3.63) is 40.5 Å². The largest absolute Gasteiger partial charge is 0.478 e. The first kappa shape index (κ1) is 15.0. The number of rotatable bonds is 5. The first-order valence-electron chi connectivity index (χ1n) is 5.89. The average molecular weight is 355 g/mol. The van der Waals surface area contributed by atoms with E-state index in [1.54, 1.807) is 6.07 Å². The Bertz CT molecular complexity index is 645. The van der Waals surface area contributed by atoms with Gasteiger partial charge >= 0.3 is 12.0 Å². The number of anilines is 1. The van der Waals surface area contributed by atoms with Gasteiger partial charge in [-0.25, -0.2) is 9.59 Å². The van der Waals surface area contributed by atoms with Crippen molar-refractivity contribution >= 4 is 33.6 Å². The predicted octanol–water partition coefficient (Wildman–Crippen LogP) is 1.89. The summed E-state index contributed by atoms with van der Waals surface area (Å²) < 4.78 is 5.15. The predicted molar refractivity (Wildman–Crippen MR) is 76.1 cm³/mol. The lowest BCUT2D eigenvalue weighted by molar-refractivity contribution is 0.0697. The number of nitrogens with zero attached hydrogens (tertiary/aromatic N) is 2. The molecule has 21 heavy (non-hydrogen) atoms. The minimum Gasteiger partial charge on any atom is -0.478 e. The van der Waals surface area contributed by atoms with Gasteiger partial charge < -0.3 is 20.3 Å². The maximum Gasteiger partial charge on any atom is 0.335 e. The summed E-state index contributed by atoms with van der Waals surface area (Å²) in [6, 6.07) is 3.90. The minimum absolute atomic E-state index is 0.0836. The number of hydrogen-bond donors (Lipinski definition) is 3. The van der Waals surface area contributed by atoms with E-state index >= 15 is 0 Å². The number of carbonyl (C=O) groups excluding carboxylic acids is 1. The van der Waals surface area contributed by atoms with Crippen molar-refractivity contribution in [3.8, 4) is 0 Å². The van der Waals surface area contributed by atoms with Crippen molar-refractivity contribution in [2.24, 2.45) is 0 Å². The first-order valence-corrected chi connectivity index (χ1v) is 6.68. The molecule has 1 heterocycles. The number of nitrogens with one attached hydrogen (secondary N) is 2. The number of carbonyl (C=O) groups is 2. The van der Waals surface area contributed by atoms with E-state index in [4.69, 9.17) is 5.11 Å². The molecule has 9 heteroatoms. The lowest BCUT2D eigenvalue weighted by Crippen LogP contribution is -2.30. The van der Waals surface area contributed by atoms with Crippen LogP contribution in [0.15, 0.2) is 33.6 Å². The van der Waals surface area contributed by atoms with Crippen molar-refractivity contribution in [1.29, 1.82) is 0 Å². The van der Waals surface area contributed by atoms with Crippen LogP contribution in [0.4, 0.5) is 10.5 Å². The average Bonchev–Trinajstić information content (AvgIpc) is 2.94. The van der Waals surface area contributed by atoms with Gasteiger partial charge in [0.1, 0.15) is 0 Å². The zero-order chi connectivity index (χ0) is 15.2. The second kappa shape index (κ2) is 6.84. The molecule has 0 fully saturated rings. The minimum atomic E-state index is -1.07. The third-order valence-corrected chi connectivity index (χ3v) is 3.19. The van der Waals surface area contributed by atoms with Crippen molar-refractivity contribution in [1.82, 2.24) is 15.5 Å². The standard InChI is InChI=1S/C12H11BrN4O4/c13-8-2-1-7(11(18)19)5-9(8)16-12(20)14-4-3-10-15-6-21-17-10/h1-2,5-6H,3-4H2,(H,18,19)(H2,14,16,20). The van der Waals surface area contributed by atoms with Gasteiger partial charge in [0, 0.05) is 17.4 Å². The molecule has 2 amide bonds. The van der Waals surface area contributed by atoms with E-state index in [1.165, 1.54) is 18.5 Å². The molecule has 0 atom stereocenters. The summed E-state index contributed by atoms with van der Waals surface area (Å²) in [6.45, 7) is 0.321. The van der Waals surface area contributed by atoms with Crippen LogP contribution in [0.5, 0.6) is 0 Å². The summed E-state index contributed by atoms with van der Waals surface area (Å²) in [5, 5.41) is 17.7. The number of aromatic nitrogens is 2. The van der Waals surface area contributed by atoms with Crippen molar-refractivity contribution in [3.63, 3.8) is 0 Å². The highest BCUT2D eigenvalue weighted by molar-refractivity contribution is 9.10. The number of benzene rings is 1. The molecule has 110 valence electrons. The maximum atomic E-state index is 11.7. The van der Waals surface area contributed by atoms with Crippen LogP contribution in [0.3, 0.4) is 0 Å². The Balaban J connectivity index is 1.90. The molecule has 8 nitrogen and oxygen atoms in total.